The number of likely N-dealkylation sites (tertiary alicyclic amines) is 1. The summed E-state index contributed by atoms with van der Waals surface area (Å²) in [5.74, 6) is 0.464. The molecule has 1 aromatic rings. The number of pyridine rings is 1. The van der Waals surface area contributed by atoms with Crippen LogP contribution in [-0.2, 0) is 10.2 Å². The van der Waals surface area contributed by atoms with Gasteiger partial charge in [0.1, 0.15) is 5.78 Å². The highest BCUT2D eigenvalue weighted by atomic mass is 16.1. The second-order valence-corrected chi connectivity index (χ2v) is 6.09. The summed E-state index contributed by atoms with van der Waals surface area (Å²) in [7, 11) is 2.13. The van der Waals surface area contributed by atoms with Crippen LogP contribution in [0.3, 0.4) is 0 Å². The zero-order valence-corrected chi connectivity index (χ0v) is 12.4. The highest BCUT2D eigenvalue weighted by Gasteiger charge is 2.43. The Morgan fingerprint density at radius 3 is 2.53 bits per heavy atom. The van der Waals surface area contributed by atoms with E-state index < -0.39 is 0 Å². The number of carbonyl (C=O) groups is 1. The summed E-state index contributed by atoms with van der Waals surface area (Å²) in [4.78, 5) is 19.3. The van der Waals surface area contributed by atoms with Crippen molar-refractivity contribution in [2.24, 2.45) is 5.92 Å². The maximum atomic E-state index is 12.8. The Morgan fingerprint density at radius 2 is 2.00 bits per heavy atom. The molecule has 3 nitrogen and oxygen atoms in total. The Morgan fingerprint density at radius 1 is 1.37 bits per heavy atom. The molecule has 1 aliphatic rings. The predicted octanol–water partition coefficient (Wildman–Crippen LogP) is 2.58. The van der Waals surface area contributed by atoms with Crippen LogP contribution in [0.2, 0.25) is 0 Å². The molecule has 2 rings (SSSR count). The largest absolute Gasteiger partial charge is 0.306 e. The number of Topliss-reactive ketones (excluding diaryl/α,β-unsaturated/α-hetero) is 1. The van der Waals surface area contributed by atoms with E-state index in [0.717, 1.165) is 31.5 Å². The Hall–Kier alpha value is -1.22. The van der Waals surface area contributed by atoms with E-state index in [-0.39, 0.29) is 11.3 Å². The lowest BCUT2D eigenvalue weighted by atomic mass is 9.66. The molecule has 0 N–H and O–H groups in total. The quantitative estimate of drug-likeness (QED) is 0.837. The number of hydrogen-bond donors (Lipinski definition) is 0. The van der Waals surface area contributed by atoms with Crippen LogP contribution >= 0.6 is 0 Å². The van der Waals surface area contributed by atoms with Gasteiger partial charge in [0.25, 0.3) is 0 Å². The van der Waals surface area contributed by atoms with Gasteiger partial charge in [-0.05, 0) is 57.1 Å². The van der Waals surface area contributed by atoms with Gasteiger partial charge >= 0.3 is 0 Å². The number of nitrogens with zero attached hydrogens (tertiary/aromatic N) is 2. The van der Waals surface area contributed by atoms with E-state index in [0.29, 0.717) is 5.78 Å². The molecule has 0 amide bonds. The molecule has 1 saturated heterocycles. The molecule has 0 aliphatic carbocycles. The first-order valence-electron chi connectivity index (χ1n) is 7.11. The third-order valence-corrected chi connectivity index (χ3v) is 4.37. The first-order chi connectivity index (χ1) is 8.97. The molecule has 0 atom stereocenters. The van der Waals surface area contributed by atoms with Crippen LogP contribution in [0, 0.1) is 12.8 Å². The molecular weight excluding hydrogens is 236 g/mol. The molecule has 1 aliphatic heterocycles. The summed E-state index contributed by atoms with van der Waals surface area (Å²) in [6.07, 6.45) is 5.54. The van der Waals surface area contributed by atoms with E-state index in [4.69, 9.17) is 0 Å². The summed E-state index contributed by atoms with van der Waals surface area (Å²) in [5.41, 5.74) is 2.03. The van der Waals surface area contributed by atoms with Gasteiger partial charge in [-0.1, -0.05) is 13.8 Å². The maximum Gasteiger partial charge on any atom is 0.146 e. The molecule has 3 heteroatoms. The minimum atomic E-state index is -0.298. The Balaban J connectivity index is 2.46. The summed E-state index contributed by atoms with van der Waals surface area (Å²) in [6.45, 7) is 8.06. The SMILES string of the molecule is Cc1cnccc1C1(C(=O)C(C)C)CCN(C)CC1. The number of aromatic nitrogens is 1. The highest BCUT2D eigenvalue weighted by Crippen LogP contribution is 2.39. The van der Waals surface area contributed by atoms with Gasteiger partial charge in [0.15, 0.2) is 0 Å². The fourth-order valence-corrected chi connectivity index (χ4v) is 3.21. The van der Waals surface area contributed by atoms with Crippen molar-refractivity contribution < 1.29 is 4.79 Å². The smallest absolute Gasteiger partial charge is 0.146 e. The van der Waals surface area contributed by atoms with E-state index in [1.54, 1.807) is 0 Å². The van der Waals surface area contributed by atoms with Crippen LogP contribution in [0.15, 0.2) is 18.5 Å². The van der Waals surface area contributed by atoms with Crippen LogP contribution < -0.4 is 0 Å². The van der Waals surface area contributed by atoms with Crippen molar-refractivity contribution in [2.75, 3.05) is 20.1 Å². The maximum absolute atomic E-state index is 12.8. The van der Waals surface area contributed by atoms with Crippen molar-refractivity contribution in [3.05, 3.63) is 29.6 Å². The Labute approximate surface area is 116 Å². The Bertz CT molecular complexity index is 460. The summed E-state index contributed by atoms with van der Waals surface area (Å²) in [6, 6.07) is 2.04. The zero-order chi connectivity index (χ0) is 14.0. The van der Waals surface area contributed by atoms with Crippen molar-refractivity contribution in [2.45, 2.75) is 39.0 Å². The lowest BCUT2D eigenvalue weighted by molar-refractivity contribution is -0.129. The van der Waals surface area contributed by atoms with Gasteiger partial charge in [-0.2, -0.15) is 0 Å². The summed E-state index contributed by atoms with van der Waals surface area (Å²) < 4.78 is 0. The fraction of sp³-hybridized carbons (Fsp3) is 0.625. The summed E-state index contributed by atoms with van der Waals surface area (Å²) >= 11 is 0. The first kappa shape index (κ1) is 14.2. The molecule has 0 saturated carbocycles. The molecule has 0 aromatic carbocycles. The topological polar surface area (TPSA) is 33.2 Å². The van der Waals surface area contributed by atoms with Gasteiger partial charge in [0.05, 0.1) is 5.41 Å². The van der Waals surface area contributed by atoms with Crippen molar-refractivity contribution in [3.63, 3.8) is 0 Å². The summed E-state index contributed by atoms with van der Waals surface area (Å²) in [5, 5.41) is 0. The van der Waals surface area contributed by atoms with E-state index >= 15 is 0 Å². The van der Waals surface area contributed by atoms with Crippen molar-refractivity contribution >= 4 is 5.78 Å². The van der Waals surface area contributed by atoms with E-state index in [1.165, 1.54) is 5.56 Å². The lowest BCUT2D eigenvalue weighted by Crippen LogP contribution is -2.48. The van der Waals surface area contributed by atoms with E-state index in [1.807, 2.05) is 32.3 Å². The fourth-order valence-electron chi connectivity index (χ4n) is 3.21. The Kier molecular flexibility index (Phi) is 4.04. The lowest BCUT2D eigenvalue weighted by Gasteiger charge is -2.41. The molecule has 0 unspecified atom stereocenters. The molecular formula is C16H24N2O. The number of aryl methyl sites for hydroxylation is 1. The second-order valence-electron chi connectivity index (χ2n) is 6.09. The molecule has 0 spiro atoms. The van der Waals surface area contributed by atoms with Gasteiger partial charge in [-0.3, -0.25) is 9.78 Å². The molecule has 2 heterocycles. The van der Waals surface area contributed by atoms with Crippen LogP contribution in [-0.4, -0.2) is 35.8 Å². The van der Waals surface area contributed by atoms with Gasteiger partial charge < -0.3 is 4.90 Å². The standard InChI is InChI=1S/C16H24N2O/c1-12(2)15(19)16(6-9-18(4)10-7-16)14-5-8-17-11-13(14)3/h5,8,11-12H,6-7,9-10H2,1-4H3. The minimum absolute atomic E-state index is 0.0796. The van der Waals surface area contributed by atoms with Crippen LogP contribution in [0.1, 0.15) is 37.8 Å². The molecule has 104 valence electrons. The number of rotatable bonds is 3. The normalized spacial score (nSPS) is 19.6. The monoisotopic (exact) mass is 260 g/mol. The number of carbonyl (C=O) groups excluding carboxylic acids is 1. The molecule has 0 radical (unpaired) electrons. The van der Waals surface area contributed by atoms with E-state index in [2.05, 4.69) is 23.9 Å². The van der Waals surface area contributed by atoms with Gasteiger partial charge in [-0.15, -0.1) is 0 Å². The molecule has 1 aromatic heterocycles. The third-order valence-electron chi connectivity index (χ3n) is 4.37. The van der Waals surface area contributed by atoms with Gasteiger partial charge in [-0.25, -0.2) is 0 Å². The van der Waals surface area contributed by atoms with E-state index in [9.17, 15) is 4.79 Å². The average Bonchev–Trinajstić information content (AvgIpc) is 2.40. The predicted molar refractivity (Wildman–Crippen MR) is 77.2 cm³/mol. The van der Waals surface area contributed by atoms with Gasteiger partial charge in [0, 0.05) is 18.3 Å². The van der Waals surface area contributed by atoms with Crippen molar-refractivity contribution in [3.8, 4) is 0 Å². The average molecular weight is 260 g/mol. The zero-order valence-electron chi connectivity index (χ0n) is 12.4. The van der Waals surface area contributed by atoms with Crippen molar-refractivity contribution in [1.29, 1.82) is 0 Å². The van der Waals surface area contributed by atoms with Crippen LogP contribution in [0.5, 0.6) is 0 Å². The van der Waals surface area contributed by atoms with Crippen LogP contribution in [0.25, 0.3) is 0 Å². The minimum Gasteiger partial charge on any atom is -0.306 e. The number of piperidine rings is 1. The highest BCUT2D eigenvalue weighted by molar-refractivity contribution is 5.92. The second kappa shape index (κ2) is 5.41. The van der Waals surface area contributed by atoms with Gasteiger partial charge in [0.2, 0.25) is 0 Å². The molecule has 1 fully saturated rings. The van der Waals surface area contributed by atoms with Crippen LogP contribution in [0.4, 0.5) is 0 Å². The first-order valence-corrected chi connectivity index (χ1v) is 7.11. The third kappa shape index (κ3) is 2.57. The molecule has 0 bridgehead atoms. The number of ketones is 1. The van der Waals surface area contributed by atoms with Crippen molar-refractivity contribution in [1.82, 2.24) is 9.88 Å². The molecule has 19 heavy (non-hydrogen) atoms. The number of hydrogen-bond acceptors (Lipinski definition) is 3.